The lowest BCUT2D eigenvalue weighted by Gasteiger charge is -2.34. The number of halogens is 2. The predicted octanol–water partition coefficient (Wildman–Crippen LogP) is 2.80. The van der Waals surface area contributed by atoms with Crippen LogP contribution in [-0.4, -0.2) is 59.8 Å². The number of amides is 1. The van der Waals surface area contributed by atoms with Crippen LogP contribution in [-0.2, 0) is 11.2 Å². The minimum Gasteiger partial charge on any atom is -0.477 e. The summed E-state index contributed by atoms with van der Waals surface area (Å²) in [5, 5.41) is 21.6. The highest BCUT2D eigenvalue weighted by Crippen LogP contribution is 2.43. The number of hydrogen-bond acceptors (Lipinski definition) is 6. The molecule has 10 heteroatoms. The van der Waals surface area contributed by atoms with Gasteiger partial charge in [-0.1, -0.05) is 0 Å². The fraction of sp³-hybridized carbons (Fsp3) is 0.625. The van der Waals surface area contributed by atoms with Crippen molar-refractivity contribution in [3.8, 4) is 0 Å². The molecule has 1 aliphatic rings. The summed E-state index contributed by atoms with van der Waals surface area (Å²) in [4.78, 5) is 25.1. The minimum absolute atomic E-state index is 0.0110. The van der Waals surface area contributed by atoms with Crippen molar-refractivity contribution in [2.45, 2.75) is 45.0 Å². The van der Waals surface area contributed by atoms with Crippen LogP contribution < -0.4 is 10.2 Å². The largest absolute Gasteiger partial charge is 0.477 e. The van der Waals surface area contributed by atoms with E-state index in [2.05, 4.69) is 21.2 Å². The summed E-state index contributed by atoms with van der Waals surface area (Å²) >= 11 is 4.34. The molecule has 2 rings (SSSR count). The number of thiophene rings is 1. The third-order valence-corrected chi connectivity index (χ3v) is 5.63. The molecular weight excluding hydrogens is 431 g/mol. The normalized spacial score (nSPS) is 18.2. The van der Waals surface area contributed by atoms with E-state index >= 15 is 0 Å². The number of carbonyl (C=O) groups is 2. The second-order valence-electron chi connectivity index (χ2n) is 7.07. The van der Waals surface area contributed by atoms with Crippen molar-refractivity contribution in [3.05, 3.63) is 14.2 Å². The lowest BCUT2D eigenvalue weighted by molar-refractivity contribution is 0.0484. The van der Waals surface area contributed by atoms with Crippen molar-refractivity contribution in [3.63, 3.8) is 0 Å². The number of nitrogens with one attached hydrogen (secondary N) is 1. The number of hydrogen-bond donors (Lipinski definition) is 3. The molecule has 0 spiro atoms. The zero-order valence-corrected chi connectivity index (χ0v) is 17.1. The van der Waals surface area contributed by atoms with E-state index in [9.17, 15) is 24.2 Å². The Kier molecular flexibility index (Phi) is 6.51. The first kappa shape index (κ1) is 20.9. The van der Waals surface area contributed by atoms with Crippen molar-refractivity contribution >= 4 is 45.0 Å². The molecule has 0 fully saturated rings. The molecule has 0 saturated carbocycles. The Morgan fingerprint density at radius 1 is 1.50 bits per heavy atom. The number of alkyl halides is 1. The predicted molar refractivity (Wildman–Crippen MR) is 100 cm³/mol. The first-order valence-electron chi connectivity index (χ1n) is 8.05. The summed E-state index contributed by atoms with van der Waals surface area (Å²) in [6.07, 6.45) is -1.74. The summed E-state index contributed by atoms with van der Waals surface area (Å²) in [5.41, 5.74) is 0.342. The summed E-state index contributed by atoms with van der Waals surface area (Å²) in [6, 6.07) is -0.733. The monoisotopic (exact) mass is 452 g/mol. The van der Waals surface area contributed by atoms with E-state index < -0.39 is 36.5 Å². The Balaban J connectivity index is 2.21. The maximum absolute atomic E-state index is 14.2. The van der Waals surface area contributed by atoms with Crippen LogP contribution in [0.15, 0.2) is 3.79 Å². The van der Waals surface area contributed by atoms with Crippen molar-refractivity contribution in [2.75, 3.05) is 24.6 Å². The molecule has 0 saturated heterocycles. The SMILES string of the molecule is CC(C)(C)OC(=O)NC(CO)CN1C[C@@H](F)Cc2c(Br)sc(C(=O)O)c21. The van der Waals surface area contributed by atoms with Crippen LogP contribution in [0.2, 0.25) is 0 Å². The van der Waals surface area contributed by atoms with Crippen LogP contribution in [0.25, 0.3) is 0 Å². The number of aliphatic hydroxyl groups is 1. The number of rotatable bonds is 5. The first-order valence-corrected chi connectivity index (χ1v) is 9.66. The van der Waals surface area contributed by atoms with Gasteiger partial charge in [-0.25, -0.2) is 14.0 Å². The number of anilines is 1. The summed E-state index contributed by atoms with van der Waals surface area (Å²) in [7, 11) is 0. The lowest BCUT2D eigenvalue weighted by atomic mass is 10.0. The highest BCUT2D eigenvalue weighted by molar-refractivity contribution is 9.11. The quantitative estimate of drug-likeness (QED) is 0.634. The minimum atomic E-state index is -1.17. The number of aromatic carboxylic acids is 1. The molecule has 146 valence electrons. The number of ether oxygens (including phenoxy) is 1. The van der Waals surface area contributed by atoms with E-state index in [0.717, 1.165) is 11.3 Å². The molecule has 2 atom stereocenters. The van der Waals surface area contributed by atoms with E-state index in [-0.39, 0.29) is 24.4 Å². The molecule has 1 aromatic rings. The van der Waals surface area contributed by atoms with Gasteiger partial charge in [0.15, 0.2) is 0 Å². The second kappa shape index (κ2) is 8.10. The van der Waals surface area contributed by atoms with Gasteiger partial charge in [0.05, 0.1) is 22.1 Å². The molecule has 0 bridgehead atoms. The zero-order valence-electron chi connectivity index (χ0n) is 14.7. The maximum Gasteiger partial charge on any atom is 0.408 e. The number of carboxylic acid groups (broad SMARTS) is 1. The van der Waals surface area contributed by atoms with Gasteiger partial charge in [0, 0.05) is 25.1 Å². The fourth-order valence-electron chi connectivity index (χ4n) is 2.76. The Bertz CT molecular complexity index is 691. The highest BCUT2D eigenvalue weighted by atomic mass is 79.9. The molecule has 2 heterocycles. The van der Waals surface area contributed by atoms with E-state index in [1.165, 1.54) is 0 Å². The van der Waals surface area contributed by atoms with E-state index in [1.54, 1.807) is 25.7 Å². The molecule has 0 radical (unpaired) electrons. The van der Waals surface area contributed by atoms with Gasteiger partial charge in [-0.3, -0.25) is 0 Å². The topological polar surface area (TPSA) is 99.1 Å². The Morgan fingerprint density at radius 3 is 2.69 bits per heavy atom. The molecule has 1 aromatic heterocycles. The van der Waals surface area contributed by atoms with E-state index in [4.69, 9.17) is 4.74 Å². The number of fused-ring (bicyclic) bond motifs is 1. The van der Waals surface area contributed by atoms with Crippen LogP contribution in [0.5, 0.6) is 0 Å². The number of aliphatic hydroxyl groups excluding tert-OH is 1. The summed E-state index contributed by atoms with van der Waals surface area (Å²) in [5.74, 6) is -1.10. The highest BCUT2D eigenvalue weighted by Gasteiger charge is 2.34. The van der Waals surface area contributed by atoms with Gasteiger partial charge in [-0.05, 0) is 36.7 Å². The third-order valence-electron chi connectivity index (χ3n) is 3.67. The van der Waals surface area contributed by atoms with Gasteiger partial charge in [-0.2, -0.15) is 0 Å². The zero-order chi connectivity index (χ0) is 19.6. The first-order chi connectivity index (χ1) is 12.0. The van der Waals surface area contributed by atoms with Gasteiger partial charge < -0.3 is 25.2 Å². The Hall–Kier alpha value is -1.39. The van der Waals surface area contributed by atoms with Gasteiger partial charge in [0.2, 0.25) is 0 Å². The fourth-order valence-corrected chi connectivity index (χ4v) is 4.51. The molecule has 1 amide bonds. The second-order valence-corrected chi connectivity index (χ2v) is 9.41. The average molecular weight is 453 g/mol. The van der Waals surface area contributed by atoms with Gasteiger partial charge in [0.25, 0.3) is 0 Å². The van der Waals surface area contributed by atoms with Crippen LogP contribution in [0.3, 0.4) is 0 Å². The molecule has 26 heavy (non-hydrogen) atoms. The molecule has 0 aromatic carbocycles. The lowest BCUT2D eigenvalue weighted by Crippen LogP contribution is -2.50. The molecule has 7 nitrogen and oxygen atoms in total. The van der Waals surface area contributed by atoms with Crippen LogP contribution in [0.1, 0.15) is 36.0 Å². The maximum atomic E-state index is 14.2. The number of alkyl carbamates (subject to hydrolysis) is 1. The van der Waals surface area contributed by atoms with Crippen molar-refractivity contribution in [1.82, 2.24) is 5.32 Å². The standard InChI is InChI=1S/C16H22BrFN2O5S/c1-16(2,3)25-15(24)19-9(7-21)6-20-5-8(18)4-10-11(20)12(14(22)23)26-13(10)17/h8-9,21H,4-7H2,1-3H3,(H,19,24)(H,22,23)/t8-,9?/m0/s1. The Labute approximate surface area is 163 Å². The van der Waals surface area contributed by atoms with E-state index in [0.29, 0.717) is 15.0 Å². The number of nitrogens with zero attached hydrogens (tertiary/aromatic N) is 1. The number of carboxylic acids is 1. The molecule has 0 aliphatic carbocycles. The van der Waals surface area contributed by atoms with Crippen LogP contribution >= 0.6 is 27.3 Å². The Morgan fingerprint density at radius 2 is 2.15 bits per heavy atom. The molecule has 1 unspecified atom stereocenters. The van der Waals surface area contributed by atoms with Crippen molar-refractivity contribution < 1.29 is 28.9 Å². The van der Waals surface area contributed by atoms with Gasteiger partial charge in [0.1, 0.15) is 16.6 Å². The molecule has 1 aliphatic heterocycles. The van der Waals surface area contributed by atoms with Crippen molar-refractivity contribution in [2.24, 2.45) is 0 Å². The molecular formula is C16H22BrFN2O5S. The number of carbonyl (C=O) groups excluding carboxylic acids is 1. The van der Waals surface area contributed by atoms with Gasteiger partial charge in [-0.15, -0.1) is 11.3 Å². The van der Waals surface area contributed by atoms with Gasteiger partial charge >= 0.3 is 12.1 Å². The smallest absolute Gasteiger partial charge is 0.408 e. The van der Waals surface area contributed by atoms with Crippen LogP contribution in [0, 0.1) is 0 Å². The molecule has 3 N–H and O–H groups in total. The average Bonchev–Trinajstić information content (AvgIpc) is 2.82. The van der Waals surface area contributed by atoms with Crippen molar-refractivity contribution in [1.29, 1.82) is 0 Å². The van der Waals surface area contributed by atoms with E-state index in [1.807, 2.05) is 0 Å². The summed E-state index contributed by atoms with van der Waals surface area (Å²) < 4.78 is 19.9. The third kappa shape index (κ3) is 5.08. The summed E-state index contributed by atoms with van der Waals surface area (Å²) in [6.45, 7) is 4.80. The van der Waals surface area contributed by atoms with Crippen LogP contribution in [0.4, 0.5) is 14.9 Å².